The zero-order valence-corrected chi connectivity index (χ0v) is 14.0. The molecular weight excluding hydrogens is 294 g/mol. The Bertz CT molecular complexity index is 708. The van der Waals surface area contributed by atoms with Gasteiger partial charge >= 0.3 is 0 Å². The minimum atomic E-state index is 0.587. The number of nitrogens with zero attached hydrogens (tertiary/aromatic N) is 2. The molecule has 0 aliphatic rings. The van der Waals surface area contributed by atoms with Gasteiger partial charge in [0.1, 0.15) is 5.82 Å². The second-order valence-corrected chi connectivity index (χ2v) is 6.16. The van der Waals surface area contributed by atoms with Gasteiger partial charge in [-0.1, -0.05) is 60.7 Å². The quantitative estimate of drug-likeness (QED) is 0.742. The van der Waals surface area contributed by atoms with E-state index in [9.17, 15) is 0 Å². The molecule has 3 aromatic rings. The lowest BCUT2D eigenvalue weighted by Gasteiger charge is -2.23. The molecule has 0 radical (unpaired) electrons. The van der Waals surface area contributed by atoms with Crippen LogP contribution in [0.25, 0.3) is 0 Å². The largest absolute Gasteiger partial charge is 0.384 e. The first-order valence-corrected chi connectivity index (χ1v) is 8.22. The lowest BCUT2D eigenvalue weighted by molar-refractivity contribution is 0.247. The zero-order valence-electron chi connectivity index (χ0n) is 14.0. The molecule has 0 atom stereocenters. The van der Waals surface area contributed by atoms with Crippen molar-refractivity contribution in [3.05, 3.63) is 95.2 Å². The maximum absolute atomic E-state index is 5.91. The van der Waals surface area contributed by atoms with Crippen LogP contribution in [0.15, 0.2) is 72.8 Å². The zero-order chi connectivity index (χ0) is 16.8. The Morgan fingerprint density at radius 3 is 1.75 bits per heavy atom. The van der Waals surface area contributed by atoms with E-state index in [0.717, 1.165) is 25.3 Å². The van der Waals surface area contributed by atoms with E-state index >= 15 is 0 Å². The minimum absolute atomic E-state index is 0.587. The minimum Gasteiger partial charge on any atom is -0.384 e. The number of pyridine rings is 1. The van der Waals surface area contributed by atoms with Crippen LogP contribution in [-0.2, 0) is 19.6 Å². The van der Waals surface area contributed by atoms with Crippen molar-refractivity contribution in [3.63, 3.8) is 0 Å². The molecule has 1 aromatic heterocycles. The van der Waals surface area contributed by atoms with Crippen LogP contribution in [0.4, 0.5) is 5.82 Å². The molecule has 1 heterocycles. The summed E-state index contributed by atoms with van der Waals surface area (Å²) in [6.07, 6.45) is 0. The van der Waals surface area contributed by atoms with Gasteiger partial charge in [0.25, 0.3) is 0 Å². The van der Waals surface area contributed by atoms with Gasteiger partial charge in [-0.25, -0.2) is 4.98 Å². The Balaban J connectivity index is 1.80. The van der Waals surface area contributed by atoms with Crippen LogP contribution >= 0.6 is 0 Å². The van der Waals surface area contributed by atoms with Crippen LogP contribution in [0.1, 0.15) is 22.4 Å². The van der Waals surface area contributed by atoms with Crippen LogP contribution in [0.5, 0.6) is 0 Å². The first kappa shape index (κ1) is 16.2. The summed E-state index contributed by atoms with van der Waals surface area (Å²) in [6.45, 7) is 4.63. The second kappa shape index (κ2) is 7.75. The lowest BCUT2D eigenvalue weighted by Crippen LogP contribution is -2.22. The number of hydrogen-bond donors (Lipinski definition) is 1. The van der Waals surface area contributed by atoms with Gasteiger partial charge in [0, 0.05) is 25.3 Å². The van der Waals surface area contributed by atoms with Crippen molar-refractivity contribution >= 4 is 5.82 Å². The fraction of sp³-hybridized carbons (Fsp3) is 0.190. The predicted octanol–water partition coefficient (Wildman–Crippen LogP) is 4.17. The molecule has 2 N–H and O–H groups in total. The highest BCUT2D eigenvalue weighted by Gasteiger charge is 2.09. The smallest absolute Gasteiger partial charge is 0.123 e. The van der Waals surface area contributed by atoms with Crippen molar-refractivity contribution in [2.24, 2.45) is 0 Å². The van der Waals surface area contributed by atoms with Crippen LogP contribution in [0, 0.1) is 6.92 Å². The van der Waals surface area contributed by atoms with Crippen molar-refractivity contribution in [2.45, 2.75) is 26.6 Å². The molecule has 0 amide bonds. The number of hydrogen-bond acceptors (Lipinski definition) is 3. The van der Waals surface area contributed by atoms with Crippen LogP contribution in [0.3, 0.4) is 0 Å². The molecule has 122 valence electrons. The molecule has 0 spiro atoms. The summed E-state index contributed by atoms with van der Waals surface area (Å²) in [4.78, 5) is 6.70. The first-order valence-electron chi connectivity index (χ1n) is 8.22. The molecule has 0 saturated heterocycles. The average Bonchev–Trinajstić information content (AvgIpc) is 2.55. The molecule has 3 heteroatoms. The second-order valence-electron chi connectivity index (χ2n) is 6.16. The van der Waals surface area contributed by atoms with Gasteiger partial charge in [0.15, 0.2) is 0 Å². The predicted molar refractivity (Wildman–Crippen MR) is 99.2 cm³/mol. The number of anilines is 1. The summed E-state index contributed by atoms with van der Waals surface area (Å²) in [6, 6.07) is 25.2. The molecule has 0 unspecified atom stereocenters. The van der Waals surface area contributed by atoms with Gasteiger partial charge in [-0.3, -0.25) is 4.90 Å². The van der Waals surface area contributed by atoms with Crippen molar-refractivity contribution in [1.29, 1.82) is 0 Å². The van der Waals surface area contributed by atoms with Gasteiger partial charge in [0.2, 0.25) is 0 Å². The molecule has 2 aromatic carbocycles. The summed E-state index contributed by atoms with van der Waals surface area (Å²) >= 11 is 0. The standard InChI is InChI=1S/C21H23N3/c1-17-12-20(13-21(22)23-17)16-24(14-18-8-4-2-5-9-18)15-19-10-6-3-7-11-19/h2-13H,14-16H2,1H3,(H2,22,23). The molecule has 3 rings (SSSR count). The van der Waals surface area contributed by atoms with Crippen molar-refractivity contribution < 1.29 is 0 Å². The number of rotatable bonds is 6. The van der Waals surface area contributed by atoms with E-state index in [2.05, 4.69) is 76.6 Å². The monoisotopic (exact) mass is 317 g/mol. The topological polar surface area (TPSA) is 42.1 Å². The van der Waals surface area contributed by atoms with Crippen LogP contribution in [-0.4, -0.2) is 9.88 Å². The normalized spacial score (nSPS) is 10.9. The fourth-order valence-electron chi connectivity index (χ4n) is 2.97. The van der Waals surface area contributed by atoms with Crippen LogP contribution in [0.2, 0.25) is 0 Å². The SMILES string of the molecule is Cc1cc(CN(Cc2ccccc2)Cc2ccccc2)cc(N)n1. The lowest BCUT2D eigenvalue weighted by atomic mass is 10.1. The Morgan fingerprint density at radius 1 is 0.750 bits per heavy atom. The molecule has 0 saturated carbocycles. The van der Waals surface area contributed by atoms with E-state index < -0.39 is 0 Å². The van der Waals surface area contributed by atoms with Crippen molar-refractivity contribution in [2.75, 3.05) is 5.73 Å². The third-order valence-corrected chi connectivity index (χ3v) is 3.94. The third kappa shape index (κ3) is 4.67. The Hall–Kier alpha value is -2.65. The van der Waals surface area contributed by atoms with E-state index in [4.69, 9.17) is 5.73 Å². The highest BCUT2D eigenvalue weighted by atomic mass is 15.1. The average molecular weight is 317 g/mol. The number of aryl methyl sites for hydroxylation is 1. The summed E-state index contributed by atoms with van der Waals surface area (Å²) in [5.41, 5.74) is 10.7. The molecule has 0 aliphatic carbocycles. The van der Waals surface area contributed by atoms with Gasteiger partial charge < -0.3 is 5.73 Å². The van der Waals surface area contributed by atoms with Gasteiger partial charge in [-0.2, -0.15) is 0 Å². The van der Waals surface area contributed by atoms with Gasteiger partial charge in [0.05, 0.1) is 0 Å². The Morgan fingerprint density at radius 2 is 1.25 bits per heavy atom. The first-order chi connectivity index (χ1) is 11.7. The number of benzene rings is 2. The summed E-state index contributed by atoms with van der Waals surface area (Å²) < 4.78 is 0. The molecule has 0 aliphatic heterocycles. The molecule has 0 fully saturated rings. The number of aromatic nitrogens is 1. The summed E-state index contributed by atoms with van der Waals surface area (Å²) in [7, 11) is 0. The van der Waals surface area contributed by atoms with Gasteiger partial charge in [-0.05, 0) is 35.7 Å². The fourth-order valence-corrected chi connectivity index (χ4v) is 2.97. The van der Waals surface area contributed by atoms with E-state index in [-0.39, 0.29) is 0 Å². The van der Waals surface area contributed by atoms with E-state index in [1.54, 1.807) is 0 Å². The Labute approximate surface area is 143 Å². The molecular formula is C21H23N3. The molecule has 0 bridgehead atoms. The summed E-state index contributed by atoms with van der Waals surface area (Å²) in [5.74, 6) is 0.587. The third-order valence-electron chi connectivity index (χ3n) is 3.94. The van der Waals surface area contributed by atoms with E-state index in [1.807, 2.05) is 13.0 Å². The molecule has 24 heavy (non-hydrogen) atoms. The maximum Gasteiger partial charge on any atom is 0.123 e. The Kier molecular flexibility index (Phi) is 5.24. The number of nitrogens with two attached hydrogens (primary N) is 1. The highest BCUT2D eigenvalue weighted by Crippen LogP contribution is 2.16. The van der Waals surface area contributed by atoms with E-state index in [0.29, 0.717) is 5.82 Å². The van der Waals surface area contributed by atoms with Gasteiger partial charge in [-0.15, -0.1) is 0 Å². The van der Waals surface area contributed by atoms with Crippen LogP contribution < -0.4 is 5.73 Å². The maximum atomic E-state index is 5.91. The highest BCUT2D eigenvalue weighted by molar-refractivity contribution is 5.34. The van der Waals surface area contributed by atoms with Crippen molar-refractivity contribution in [1.82, 2.24) is 9.88 Å². The van der Waals surface area contributed by atoms with Crippen molar-refractivity contribution in [3.8, 4) is 0 Å². The molecule has 3 nitrogen and oxygen atoms in total. The van der Waals surface area contributed by atoms with E-state index in [1.165, 1.54) is 16.7 Å². The number of nitrogen functional groups attached to an aromatic ring is 1. The summed E-state index contributed by atoms with van der Waals surface area (Å²) in [5, 5.41) is 0.